The molecular formula is C13H16FNO2. The van der Waals surface area contributed by atoms with Crippen LogP contribution < -0.4 is 0 Å². The van der Waals surface area contributed by atoms with Gasteiger partial charge in [0.2, 0.25) is 0 Å². The van der Waals surface area contributed by atoms with E-state index in [1.54, 1.807) is 12.1 Å². The number of halogens is 1. The fraction of sp³-hybridized carbons (Fsp3) is 0.462. The van der Waals surface area contributed by atoms with Crippen LogP contribution in [0.4, 0.5) is 4.39 Å². The first-order chi connectivity index (χ1) is 8.16. The summed E-state index contributed by atoms with van der Waals surface area (Å²) in [6.45, 7) is 1.69. The van der Waals surface area contributed by atoms with Crippen LogP contribution in [0.15, 0.2) is 24.3 Å². The summed E-state index contributed by atoms with van der Waals surface area (Å²) in [7, 11) is 0. The van der Waals surface area contributed by atoms with Gasteiger partial charge in [-0.2, -0.15) is 0 Å². The molecule has 1 unspecified atom stereocenters. The predicted molar refractivity (Wildman–Crippen MR) is 62.3 cm³/mol. The average Bonchev–Trinajstić information content (AvgIpc) is 2.81. The maximum Gasteiger partial charge on any atom is 0.321 e. The van der Waals surface area contributed by atoms with E-state index in [9.17, 15) is 14.3 Å². The van der Waals surface area contributed by atoms with Crippen molar-refractivity contribution in [2.75, 3.05) is 13.1 Å². The number of benzene rings is 1. The predicted octanol–water partition coefficient (Wildman–Crippen LogP) is 1.92. The number of carbonyl (C=O) groups is 1. The minimum Gasteiger partial charge on any atom is -0.480 e. The zero-order valence-corrected chi connectivity index (χ0v) is 9.60. The third kappa shape index (κ3) is 3.03. The summed E-state index contributed by atoms with van der Waals surface area (Å²) in [6, 6.07) is 5.57. The maximum absolute atomic E-state index is 12.8. The van der Waals surface area contributed by atoms with E-state index in [0.717, 1.165) is 31.5 Å². The Balaban J connectivity index is 2.06. The van der Waals surface area contributed by atoms with Gasteiger partial charge < -0.3 is 5.11 Å². The highest BCUT2D eigenvalue weighted by molar-refractivity contribution is 5.74. The van der Waals surface area contributed by atoms with Crippen molar-refractivity contribution < 1.29 is 14.3 Å². The fourth-order valence-corrected chi connectivity index (χ4v) is 2.27. The number of rotatable bonds is 4. The van der Waals surface area contributed by atoms with Crippen LogP contribution in [0.3, 0.4) is 0 Å². The quantitative estimate of drug-likeness (QED) is 0.869. The molecule has 0 saturated carbocycles. The van der Waals surface area contributed by atoms with E-state index < -0.39 is 12.0 Å². The van der Waals surface area contributed by atoms with Gasteiger partial charge in [0.1, 0.15) is 11.9 Å². The summed E-state index contributed by atoms with van der Waals surface area (Å²) in [4.78, 5) is 13.2. The monoisotopic (exact) mass is 237 g/mol. The lowest BCUT2D eigenvalue weighted by atomic mass is 10.0. The lowest BCUT2D eigenvalue weighted by Gasteiger charge is -2.23. The highest BCUT2D eigenvalue weighted by Gasteiger charge is 2.27. The van der Waals surface area contributed by atoms with Crippen molar-refractivity contribution in [2.24, 2.45) is 0 Å². The molecule has 0 spiro atoms. The van der Waals surface area contributed by atoms with Gasteiger partial charge in [-0.15, -0.1) is 0 Å². The molecule has 0 bridgehead atoms. The molecule has 1 fully saturated rings. The number of aliphatic carboxylic acids is 1. The van der Waals surface area contributed by atoms with E-state index in [1.807, 2.05) is 4.90 Å². The number of hydrogen-bond acceptors (Lipinski definition) is 2. The number of carboxylic acid groups (broad SMARTS) is 1. The van der Waals surface area contributed by atoms with Gasteiger partial charge in [-0.3, -0.25) is 9.69 Å². The number of carboxylic acids is 1. The summed E-state index contributed by atoms with van der Waals surface area (Å²) in [5, 5.41) is 9.23. The molecule has 0 radical (unpaired) electrons. The summed E-state index contributed by atoms with van der Waals surface area (Å²) >= 11 is 0. The van der Waals surface area contributed by atoms with E-state index in [4.69, 9.17) is 0 Å². The molecule has 4 heteroatoms. The third-order valence-electron chi connectivity index (χ3n) is 3.21. The van der Waals surface area contributed by atoms with Crippen molar-refractivity contribution >= 4 is 5.97 Å². The summed E-state index contributed by atoms with van der Waals surface area (Å²) in [6.07, 6.45) is 2.57. The van der Waals surface area contributed by atoms with Gasteiger partial charge >= 0.3 is 5.97 Å². The summed E-state index contributed by atoms with van der Waals surface area (Å²) in [5.74, 6) is -1.09. The maximum atomic E-state index is 12.8. The average molecular weight is 237 g/mol. The highest BCUT2D eigenvalue weighted by Crippen LogP contribution is 2.16. The smallest absolute Gasteiger partial charge is 0.321 e. The lowest BCUT2D eigenvalue weighted by molar-refractivity contribution is -0.142. The zero-order valence-electron chi connectivity index (χ0n) is 9.60. The van der Waals surface area contributed by atoms with Crippen LogP contribution in [-0.4, -0.2) is 35.1 Å². The Morgan fingerprint density at radius 3 is 2.41 bits per heavy atom. The molecule has 1 aliphatic rings. The van der Waals surface area contributed by atoms with Crippen molar-refractivity contribution in [1.29, 1.82) is 0 Å². The zero-order chi connectivity index (χ0) is 12.3. The van der Waals surface area contributed by atoms with Crippen molar-refractivity contribution in [3.63, 3.8) is 0 Å². The molecule has 92 valence electrons. The van der Waals surface area contributed by atoms with E-state index in [0.29, 0.717) is 6.42 Å². The number of nitrogens with zero attached hydrogens (tertiary/aromatic N) is 1. The van der Waals surface area contributed by atoms with Crippen LogP contribution in [0.25, 0.3) is 0 Å². The molecule has 2 rings (SSSR count). The summed E-state index contributed by atoms with van der Waals surface area (Å²) < 4.78 is 12.8. The largest absolute Gasteiger partial charge is 0.480 e. The van der Waals surface area contributed by atoms with Gasteiger partial charge in [0.05, 0.1) is 0 Å². The Bertz CT molecular complexity index is 385. The third-order valence-corrected chi connectivity index (χ3v) is 3.21. The van der Waals surface area contributed by atoms with Gasteiger partial charge in [0.15, 0.2) is 0 Å². The van der Waals surface area contributed by atoms with Crippen molar-refractivity contribution in [3.05, 3.63) is 35.6 Å². The second-order valence-electron chi connectivity index (χ2n) is 4.43. The van der Waals surface area contributed by atoms with Crippen LogP contribution in [-0.2, 0) is 11.2 Å². The molecule has 17 heavy (non-hydrogen) atoms. The molecule has 1 aromatic carbocycles. The first-order valence-corrected chi connectivity index (χ1v) is 5.88. The van der Waals surface area contributed by atoms with E-state index >= 15 is 0 Å². The normalized spacial score (nSPS) is 18.2. The minimum absolute atomic E-state index is 0.290. The first kappa shape index (κ1) is 12.0. The van der Waals surface area contributed by atoms with Crippen molar-refractivity contribution in [3.8, 4) is 0 Å². The standard InChI is InChI=1S/C13H16FNO2/c14-11-5-3-10(4-6-11)9-12(13(16)17)15-7-1-2-8-15/h3-6,12H,1-2,7-9H2,(H,16,17). The molecule has 1 saturated heterocycles. The Kier molecular flexibility index (Phi) is 3.74. The van der Waals surface area contributed by atoms with E-state index in [1.165, 1.54) is 12.1 Å². The number of likely N-dealkylation sites (tertiary alicyclic amines) is 1. The molecular weight excluding hydrogens is 221 g/mol. The van der Waals surface area contributed by atoms with Crippen molar-refractivity contribution in [2.45, 2.75) is 25.3 Å². The van der Waals surface area contributed by atoms with Gasteiger partial charge in [-0.25, -0.2) is 4.39 Å². The van der Waals surface area contributed by atoms with Crippen LogP contribution >= 0.6 is 0 Å². The number of hydrogen-bond donors (Lipinski definition) is 1. The highest BCUT2D eigenvalue weighted by atomic mass is 19.1. The minimum atomic E-state index is -0.795. The topological polar surface area (TPSA) is 40.5 Å². The molecule has 0 aliphatic carbocycles. The van der Waals surface area contributed by atoms with Crippen LogP contribution in [0.5, 0.6) is 0 Å². The second kappa shape index (κ2) is 5.27. The SMILES string of the molecule is O=C(O)C(Cc1ccc(F)cc1)N1CCCC1. The Labute approximate surface area is 99.9 Å². The molecule has 1 aliphatic heterocycles. The molecule has 1 heterocycles. The second-order valence-corrected chi connectivity index (χ2v) is 4.43. The lowest BCUT2D eigenvalue weighted by Crippen LogP contribution is -2.40. The van der Waals surface area contributed by atoms with Gasteiger partial charge in [0.25, 0.3) is 0 Å². The Morgan fingerprint density at radius 2 is 1.88 bits per heavy atom. The molecule has 1 aromatic rings. The van der Waals surface area contributed by atoms with Gasteiger partial charge in [-0.05, 0) is 50.0 Å². The van der Waals surface area contributed by atoms with Crippen LogP contribution in [0.2, 0.25) is 0 Å². The van der Waals surface area contributed by atoms with E-state index in [2.05, 4.69) is 0 Å². The molecule has 0 aromatic heterocycles. The van der Waals surface area contributed by atoms with Gasteiger partial charge in [0, 0.05) is 0 Å². The van der Waals surface area contributed by atoms with Gasteiger partial charge in [-0.1, -0.05) is 12.1 Å². The van der Waals surface area contributed by atoms with E-state index in [-0.39, 0.29) is 5.82 Å². The molecule has 1 N–H and O–H groups in total. The van der Waals surface area contributed by atoms with Crippen LogP contribution in [0.1, 0.15) is 18.4 Å². The Morgan fingerprint density at radius 1 is 1.29 bits per heavy atom. The molecule has 3 nitrogen and oxygen atoms in total. The fourth-order valence-electron chi connectivity index (χ4n) is 2.27. The summed E-state index contributed by atoms with van der Waals surface area (Å²) in [5.41, 5.74) is 0.866. The molecule has 1 atom stereocenters. The first-order valence-electron chi connectivity index (χ1n) is 5.88. The van der Waals surface area contributed by atoms with Crippen LogP contribution in [0, 0.1) is 5.82 Å². The van der Waals surface area contributed by atoms with Crippen molar-refractivity contribution in [1.82, 2.24) is 4.90 Å². The Hall–Kier alpha value is -1.42. The molecule has 0 amide bonds.